The highest BCUT2D eigenvalue weighted by atomic mass is 32.2. The molecule has 2 rings (SSSR count). The maximum Gasteiger partial charge on any atom is 0.248 e. The summed E-state index contributed by atoms with van der Waals surface area (Å²) in [6.45, 7) is 4.87. The summed E-state index contributed by atoms with van der Waals surface area (Å²) in [4.78, 5) is 20.9. The Morgan fingerprint density at radius 3 is 3.25 bits per heavy atom. The zero-order chi connectivity index (χ0) is 11.4. The number of thioether (sulfide) groups is 2. The van der Waals surface area contributed by atoms with Crippen molar-refractivity contribution in [3.63, 3.8) is 0 Å². The number of rotatable bonds is 5. The molecule has 0 bridgehead atoms. The Labute approximate surface area is 103 Å². The van der Waals surface area contributed by atoms with E-state index in [9.17, 15) is 4.79 Å². The van der Waals surface area contributed by atoms with Crippen molar-refractivity contribution < 1.29 is 9.63 Å². The van der Waals surface area contributed by atoms with Crippen molar-refractivity contribution in [2.75, 3.05) is 24.7 Å². The van der Waals surface area contributed by atoms with Gasteiger partial charge in [-0.3, -0.25) is 14.6 Å². The molecule has 16 heavy (non-hydrogen) atoms. The molecule has 2 aliphatic heterocycles. The fourth-order valence-corrected chi connectivity index (χ4v) is 3.57. The van der Waals surface area contributed by atoms with E-state index >= 15 is 0 Å². The van der Waals surface area contributed by atoms with Crippen LogP contribution in [0.5, 0.6) is 0 Å². The molecule has 0 aromatic carbocycles. The fourth-order valence-electron chi connectivity index (χ4n) is 1.47. The van der Waals surface area contributed by atoms with Gasteiger partial charge in [0.1, 0.15) is 4.38 Å². The van der Waals surface area contributed by atoms with Crippen molar-refractivity contribution >= 4 is 33.8 Å². The zero-order valence-electron chi connectivity index (χ0n) is 8.92. The van der Waals surface area contributed by atoms with E-state index in [1.165, 1.54) is 5.06 Å². The Kier molecular flexibility index (Phi) is 4.31. The molecule has 1 amide bonds. The van der Waals surface area contributed by atoms with Crippen LogP contribution in [0.4, 0.5) is 0 Å². The van der Waals surface area contributed by atoms with Gasteiger partial charge in [-0.1, -0.05) is 29.6 Å². The first kappa shape index (κ1) is 12.0. The third-order valence-corrected chi connectivity index (χ3v) is 4.67. The van der Waals surface area contributed by atoms with E-state index in [2.05, 4.69) is 11.6 Å². The van der Waals surface area contributed by atoms with Gasteiger partial charge in [0.25, 0.3) is 0 Å². The predicted molar refractivity (Wildman–Crippen MR) is 68.6 cm³/mol. The number of nitrogens with zero attached hydrogens (tertiary/aromatic N) is 2. The van der Waals surface area contributed by atoms with Gasteiger partial charge < -0.3 is 0 Å². The summed E-state index contributed by atoms with van der Waals surface area (Å²) < 4.78 is 1.14. The van der Waals surface area contributed by atoms with Crippen LogP contribution >= 0.6 is 23.5 Å². The Hall–Kier alpha value is -0.460. The number of aliphatic imine (C=N–C) groups is 1. The van der Waals surface area contributed by atoms with Crippen LogP contribution in [0.1, 0.15) is 6.42 Å². The molecule has 0 radical (unpaired) electrons. The van der Waals surface area contributed by atoms with Crippen LogP contribution in [-0.4, -0.2) is 46.0 Å². The van der Waals surface area contributed by atoms with Crippen molar-refractivity contribution in [1.29, 1.82) is 0 Å². The Morgan fingerprint density at radius 1 is 1.75 bits per heavy atom. The van der Waals surface area contributed by atoms with Gasteiger partial charge in [0, 0.05) is 11.5 Å². The summed E-state index contributed by atoms with van der Waals surface area (Å²) in [5.41, 5.74) is 0. The minimum Gasteiger partial charge on any atom is -0.272 e. The summed E-state index contributed by atoms with van der Waals surface area (Å²) in [5, 5.41) is 1.47. The SMILES string of the molecule is C=CCON1C(=O)CC1CSC1=NCCS1. The van der Waals surface area contributed by atoms with Gasteiger partial charge in [-0.05, 0) is 0 Å². The summed E-state index contributed by atoms with van der Waals surface area (Å²) in [5.74, 6) is 2.02. The molecule has 4 nitrogen and oxygen atoms in total. The lowest BCUT2D eigenvalue weighted by atomic mass is 10.1. The van der Waals surface area contributed by atoms with Crippen LogP contribution < -0.4 is 0 Å². The lowest BCUT2D eigenvalue weighted by Gasteiger charge is -2.38. The summed E-state index contributed by atoms with van der Waals surface area (Å²) in [7, 11) is 0. The van der Waals surface area contributed by atoms with Crippen LogP contribution in [0.25, 0.3) is 0 Å². The first-order chi connectivity index (χ1) is 7.81. The van der Waals surface area contributed by atoms with Gasteiger partial charge in [-0.25, -0.2) is 5.06 Å². The molecule has 1 unspecified atom stereocenters. The van der Waals surface area contributed by atoms with E-state index in [1.807, 2.05) is 0 Å². The monoisotopic (exact) mass is 258 g/mol. The first-order valence-electron chi connectivity index (χ1n) is 5.17. The molecule has 0 saturated carbocycles. The second-order valence-electron chi connectivity index (χ2n) is 3.47. The smallest absolute Gasteiger partial charge is 0.248 e. The zero-order valence-corrected chi connectivity index (χ0v) is 10.6. The molecule has 1 fully saturated rings. The first-order valence-corrected chi connectivity index (χ1v) is 7.14. The van der Waals surface area contributed by atoms with Crippen molar-refractivity contribution in [2.24, 2.45) is 4.99 Å². The van der Waals surface area contributed by atoms with E-state index in [1.54, 1.807) is 29.6 Å². The van der Waals surface area contributed by atoms with Gasteiger partial charge in [0.15, 0.2) is 0 Å². The Balaban J connectivity index is 1.72. The third kappa shape index (κ3) is 2.81. The number of amides is 1. The van der Waals surface area contributed by atoms with E-state index in [0.717, 1.165) is 22.4 Å². The highest BCUT2D eigenvalue weighted by molar-refractivity contribution is 8.39. The highest BCUT2D eigenvalue weighted by Gasteiger charge is 2.37. The van der Waals surface area contributed by atoms with E-state index in [4.69, 9.17) is 4.84 Å². The van der Waals surface area contributed by atoms with Crippen LogP contribution in [0.2, 0.25) is 0 Å². The topological polar surface area (TPSA) is 41.9 Å². The molecule has 0 spiro atoms. The van der Waals surface area contributed by atoms with E-state index < -0.39 is 0 Å². The second-order valence-corrected chi connectivity index (χ2v) is 5.82. The number of hydrogen-bond acceptors (Lipinski definition) is 5. The number of carbonyl (C=O) groups excluding carboxylic acids is 1. The molecule has 6 heteroatoms. The highest BCUT2D eigenvalue weighted by Crippen LogP contribution is 2.28. The molecule has 1 atom stereocenters. The number of carbonyl (C=O) groups is 1. The third-order valence-electron chi connectivity index (χ3n) is 2.28. The number of hydrogen-bond donors (Lipinski definition) is 0. The van der Waals surface area contributed by atoms with Crippen molar-refractivity contribution in [3.05, 3.63) is 12.7 Å². The maximum atomic E-state index is 11.3. The molecule has 0 aromatic rings. The summed E-state index contributed by atoms with van der Waals surface area (Å²) in [6.07, 6.45) is 2.23. The molecule has 88 valence electrons. The number of hydroxylamine groups is 2. The molecular weight excluding hydrogens is 244 g/mol. The summed E-state index contributed by atoms with van der Waals surface area (Å²) in [6, 6.07) is 0.196. The van der Waals surface area contributed by atoms with Crippen LogP contribution in [0, 0.1) is 0 Å². The normalized spacial score (nSPS) is 24.2. The van der Waals surface area contributed by atoms with Crippen LogP contribution in [-0.2, 0) is 9.63 Å². The molecule has 2 heterocycles. The minimum absolute atomic E-state index is 0.0634. The molecule has 0 aromatic heterocycles. The number of β-lactam (4-membered cyclic amide) rings is 1. The largest absolute Gasteiger partial charge is 0.272 e. The fraction of sp³-hybridized carbons (Fsp3) is 0.600. The van der Waals surface area contributed by atoms with E-state index in [-0.39, 0.29) is 11.9 Å². The van der Waals surface area contributed by atoms with Crippen molar-refractivity contribution in [2.45, 2.75) is 12.5 Å². The van der Waals surface area contributed by atoms with Gasteiger partial charge in [-0.15, -0.1) is 6.58 Å². The second kappa shape index (κ2) is 5.75. The van der Waals surface area contributed by atoms with Crippen LogP contribution in [0.3, 0.4) is 0 Å². The lowest BCUT2D eigenvalue weighted by molar-refractivity contribution is -0.219. The summed E-state index contributed by atoms with van der Waals surface area (Å²) >= 11 is 3.51. The average molecular weight is 258 g/mol. The predicted octanol–water partition coefficient (Wildman–Crippen LogP) is 1.54. The van der Waals surface area contributed by atoms with Gasteiger partial charge in [-0.2, -0.15) is 0 Å². The maximum absolute atomic E-state index is 11.3. The lowest BCUT2D eigenvalue weighted by Crippen LogP contribution is -2.53. The van der Waals surface area contributed by atoms with E-state index in [0.29, 0.717) is 13.0 Å². The molecule has 1 saturated heterocycles. The molecule has 0 aliphatic carbocycles. The van der Waals surface area contributed by atoms with Crippen molar-refractivity contribution in [3.8, 4) is 0 Å². The Bertz CT molecular complexity index is 320. The quantitative estimate of drug-likeness (QED) is 0.554. The minimum atomic E-state index is 0.0634. The van der Waals surface area contributed by atoms with Gasteiger partial charge in [0.05, 0.1) is 25.6 Å². The average Bonchev–Trinajstić information content (AvgIpc) is 2.77. The van der Waals surface area contributed by atoms with Crippen LogP contribution in [0.15, 0.2) is 17.6 Å². The van der Waals surface area contributed by atoms with Crippen molar-refractivity contribution in [1.82, 2.24) is 5.06 Å². The molecule has 2 aliphatic rings. The molecular formula is C10H14N2O2S2. The molecule has 0 N–H and O–H groups in total. The standard InChI is InChI=1S/C10H14N2O2S2/c1-2-4-14-12-8(6-9(12)13)7-16-10-11-3-5-15-10/h2,8H,1,3-7H2. The Morgan fingerprint density at radius 2 is 2.62 bits per heavy atom. The van der Waals surface area contributed by atoms with Gasteiger partial charge >= 0.3 is 0 Å². The van der Waals surface area contributed by atoms with Gasteiger partial charge in [0.2, 0.25) is 5.91 Å².